The summed E-state index contributed by atoms with van der Waals surface area (Å²) in [6, 6.07) is 4.91. The molecule has 0 unspecified atom stereocenters. The number of halogens is 2. The first-order valence-electron chi connectivity index (χ1n) is 5.20. The van der Waals surface area contributed by atoms with Gasteiger partial charge in [0, 0.05) is 21.1 Å². The Balaban J connectivity index is 2.02. The second-order valence-corrected chi connectivity index (χ2v) is 5.68. The summed E-state index contributed by atoms with van der Waals surface area (Å²) in [6.45, 7) is 1.91. The van der Waals surface area contributed by atoms with Gasteiger partial charge in [-0.15, -0.1) is 11.3 Å². The summed E-state index contributed by atoms with van der Waals surface area (Å²) in [6.07, 6.45) is 0.245. The molecule has 0 aliphatic heterocycles. The lowest BCUT2D eigenvalue weighted by Crippen LogP contribution is -2.14. The second kappa shape index (κ2) is 5.69. The molecule has 6 heteroatoms. The molecule has 1 aromatic carbocycles. The van der Waals surface area contributed by atoms with E-state index in [0.29, 0.717) is 15.7 Å². The largest absolute Gasteiger partial charge is 0.326 e. The number of amides is 1. The zero-order chi connectivity index (χ0) is 13.1. The van der Waals surface area contributed by atoms with Crippen LogP contribution in [0, 0.1) is 6.92 Å². The number of nitrogens with one attached hydrogen (secondary N) is 1. The Bertz CT molecular complexity index is 563. The van der Waals surface area contributed by atoms with Crippen molar-refractivity contribution in [3.05, 3.63) is 44.3 Å². The average molecular weight is 301 g/mol. The van der Waals surface area contributed by atoms with Crippen LogP contribution >= 0.6 is 34.5 Å². The fourth-order valence-corrected chi connectivity index (χ4v) is 2.62. The number of rotatable bonds is 3. The van der Waals surface area contributed by atoms with Crippen LogP contribution in [0.3, 0.4) is 0 Å². The van der Waals surface area contributed by atoms with Gasteiger partial charge in [-0.1, -0.05) is 23.2 Å². The monoisotopic (exact) mass is 300 g/mol. The lowest BCUT2D eigenvalue weighted by atomic mass is 10.3. The van der Waals surface area contributed by atoms with E-state index in [-0.39, 0.29) is 12.3 Å². The van der Waals surface area contributed by atoms with Crippen LogP contribution in [-0.4, -0.2) is 10.9 Å². The molecule has 0 saturated heterocycles. The van der Waals surface area contributed by atoms with Gasteiger partial charge in [0.25, 0.3) is 0 Å². The number of hydrogen-bond acceptors (Lipinski definition) is 3. The maximum atomic E-state index is 11.8. The lowest BCUT2D eigenvalue weighted by molar-refractivity contribution is -0.115. The number of anilines is 1. The van der Waals surface area contributed by atoms with Gasteiger partial charge in [0.15, 0.2) is 0 Å². The molecule has 94 valence electrons. The Hall–Kier alpha value is -1.10. The first-order valence-corrected chi connectivity index (χ1v) is 6.83. The van der Waals surface area contributed by atoms with Gasteiger partial charge in [-0.2, -0.15) is 0 Å². The molecule has 0 aliphatic rings. The van der Waals surface area contributed by atoms with Crippen molar-refractivity contribution in [1.82, 2.24) is 4.98 Å². The Kier molecular flexibility index (Phi) is 4.22. The molecule has 0 aliphatic carbocycles. The van der Waals surface area contributed by atoms with Crippen LogP contribution in [0.2, 0.25) is 10.0 Å². The van der Waals surface area contributed by atoms with Crippen molar-refractivity contribution in [3.63, 3.8) is 0 Å². The molecular weight excluding hydrogens is 291 g/mol. The minimum atomic E-state index is -0.140. The highest BCUT2D eigenvalue weighted by atomic mass is 35.5. The van der Waals surface area contributed by atoms with Crippen molar-refractivity contribution in [3.8, 4) is 0 Å². The van der Waals surface area contributed by atoms with Crippen LogP contribution in [-0.2, 0) is 11.2 Å². The molecule has 1 heterocycles. The van der Waals surface area contributed by atoms with Crippen LogP contribution in [0.15, 0.2) is 23.6 Å². The number of benzene rings is 1. The predicted molar refractivity (Wildman–Crippen MR) is 75.6 cm³/mol. The van der Waals surface area contributed by atoms with Crippen molar-refractivity contribution in [1.29, 1.82) is 0 Å². The molecule has 18 heavy (non-hydrogen) atoms. The number of carbonyl (C=O) groups excluding carboxylic acids is 1. The number of thiazole rings is 1. The smallest absolute Gasteiger partial charge is 0.230 e. The molecule has 2 rings (SSSR count). The van der Waals surface area contributed by atoms with Crippen LogP contribution < -0.4 is 5.32 Å². The maximum Gasteiger partial charge on any atom is 0.230 e. The van der Waals surface area contributed by atoms with E-state index in [2.05, 4.69) is 10.3 Å². The van der Waals surface area contributed by atoms with Crippen LogP contribution in [0.25, 0.3) is 0 Å². The topological polar surface area (TPSA) is 42.0 Å². The second-order valence-electron chi connectivity index (χ2n) is 3.74. The molecule has 0 spiro atoms. The van der Waals surface area contributed by atoms with E-state index in [1.54, 1.807) is 18.2 Å². The number of carbonyl (C=O) groups is 1. The SMILES string of the molecule is Cc1nc(CC(=O)Nc2cc(Cl)cc(Cl)c2)cs1. The van der Waals surface area contributed by atoms with Crippen LogP contribution in [0.1, 0.15) is 10.7 Å². The van der Waals surface area contributed by atoms with Crippen molar-refractivity contribution in [2.24, 2.45) is 0 Å². The van der Waals surface area contributed by atoms with E-state index in [1.165, 1.54) is 11.3 Å². The van der Waals surface area contributed by atoms with Gasteiger partial charge in [0.05, 0.1) is 17.1 Å². The summed E-state index contributed by atoms with van der Waals surface area (Å²) in [7, 11) is 0. The maximum absolute atomic E-state index is 11.8. The summed E-state index contributed by atoms with van der Waals surface area (Å²) in [4.78, 5) is 16.0. The standard InChI is InChI=1S/C12H10Cl2N2OS/c1-7-15-11(6-18-7)5-12(17)16-10-3-8(13)2-9(14)4-10/h2-4,6H,5H2,1H3,(H,16,17). The van der Waals surface area contributed by atoms with Gasteiger partial charge in [-0.25, -0.2) is 4.98 Å². The molecule has 0 bridgehead atoms. The van der Waals surface area contributed by atoms with Gasteiger partial charge in [0.1, 0.15) is 0 Å². The summed E-state index contributed by atoms with van der Waals surface area (Å²) >= 11 is 13.2. The quantitative estimate of drug-likeness (QED) is 0.933. The number of nitrogens with zero attached hydrogens (tertiary/aromatic N) is 1. The highest BCUT2D eigenvalue weighted by Crippen LogP contribution is 2.22. The third-order valence-electron chi connectivity index (χ3n) is 2.15. The van der Waals surface area contributed by atoms with E-state index < -0.39 is 0 Å². The predicted octanol–water partition coefficient (Wildman–Crippen LogP) is 3.94. The molecular formula is C12H10Cl2N2OS. The lowest BCUT2D eigenvalue weighted by Gasteiger charge is -2.05. The van der Waals surface area contributed by atoms with Crippen LogP contribution in [0.4, 0.5) is 5.69 Å². The molecule has 2 aromatic rings. The van der Waals surface area contributed by atoms with Gasteiger partial charge in [-0.05, 0) is 25.1 Å². The van der Waals surface area contributed by atoms with E-state index in [4.69, 9.17) is 23.2 Å². The molecule has 1 N–H and O–H groups in total. The molecule has 3 nitrogen and oxygen atoms in total. The Labute approximate surface area is 119 Å². The van der Waals surface area contributed by atoms with Gasteiger partial charge in [-0.3, -0.25) is 4.79 Å². The summed E-state index contributed by atoms with van der Waals surface area (Å²) < 4.78 is 0. The summed E-state index contributed by atoms with van der Waals surface area (Å²) in [5.74, 6) is -0.140. The first kappa shape index (κ1) is 13.3. The van der Waals surface area contributed by atoms with Crippen molar-refractivity contribution in [2.75, 3.05) is 5.32 Å². The fourth-order valence-electron chi connectivity index (χ4n) is 1.49. The average Bonchev–Trinajstić information content (AvgIpc) is 2.61. The summed E-state index contributed by atoms with van der Waals surface area (Å²) in [5, 5.41) is 6.54. The van der Waals surface area contributed by atoms with Gasteiger partial charge >= 0.3 is 0 Å². The molecule has 0 saturated carbocycles. The first-order chi connectivity index (χ1) is 8.52. The number of aromatic nitrogens is 1. The Morgan fingerprint density at radius 2 is 2.00 bits per heavy atom. The third kappa shape index (κ3) is 3.70. The van der Waals surface area contributed by atoms with E-state index >= 15 is 0 Å². The number of aryl methyl sites for hydroxylation is 1. The normalized spacial score (nSPS) is 10.4. The molecule has 0 fully saturated rings. The Morgan fingerprint density at radius 3 is 2.56 bits per heavy atom. The molecule has 1 amide bonds. The van der Waals surface area contributed by atoms with Gasteiger partial charge in [0.2, 0.25) is 5.91 Å². The van der Waals surface area contributed by atoms with Crippen molar-refractivity contribution < 1.29 is 4.79 Å². The minimum Gasteiger partial charge on any atom is -0.326 e. The van der Waals surface area contributed by atoms with Crippen LogP contribution in [0.5, 0.6) is 0 Å². The zero-order valence-corrected chi connectivity index (χ0v) is 11.9. The number of hydrogen-bond donors (Lipinski definition) is 1. The molecule has 1 aromatic heterocycles. The molecule has 0 atom stereocenters. The molecule has 0 radical (unpaired) electrons. The van der Waals surface area contributed by atoms with Crippen molar-refractivity contribution in [2.45, 2.75) is 13.3 Å². The summed E-state index contributed by atoms with van der Waals surface area (Å²) in [5.41, 5.74) is 1.35. The minimum absolute atomic E-state index is 0.140. The third-order valence-corrected chi connectivity index (χ3v) is 3.41. The van der Waals surface area contributed by atoms with E-state index in [0.717, 1.165) is 10.7 Å². The fraction of sp³-hybridized carbons (Fsp3) is 0.167. The zero-order valence-electron chi connectivity index (χ0n) is 9.54. The Morgan fingerprint density at radius 1 is 1.33 bits per heavy atom. The van der Waals surface area contributed by atoms with E-state index in [9.17, 15) is 4.79 Å². The highest BCUT2D eigenvalue weighted by Gasteiger charge is 2.07. The van der Waals surface area contributed by atoms with Gasteiger partial charge < -0.3 is 5.32 Å². The van der Waals surface area contributed by atoms with Crippen molar-refractivity contribution >= 4 is 46.1 Å². The highest BCUT2D eigenvalue weighted by molar-refractivity contribution is 7.09. The van der Waals surface area contributed by atoms with E-state index in [1.807, 2.05) is 12.3 Å².